The fourth-order valence-corrected chi connectivity index (χ4v) is 1.67. The molecule has 1 aliphatic heterocycles. The Labute approximate surface area is 84.8 Å². The molecule has 1 saturated heterocycles. The first kappa shape index (κ1) is 11.5. The first-order valence-electron chi connectivity index (χ1n) is 5.27. The monoisotopic (exact) mass is 201 g/mol. The van der Waals surface area contributed by atoms with Crippen LogP contribution in [0.3, 0.4) is 0 Å². The van der Waals surface area contributed by atoms with Gasteiger partial charge in [-0.1, -0.05) is 6.92 Å². The first-order valence-corrected chi connectivity index (χ1v) is 5.27. The molecule has 0 saturated carbocycles. The molecule has 0 aromatic heterocycles. The molecular weight excluding hydrogens is 182 g/mol. The molecule has 1 rings (SSSR count). The maximum Gasteiger partial charge on any atom is 0.306 e. The summed E-state index contributed by atoms with van der Waals surface area (Å²) in [6.45, 7) is 6.26. The Balaban J connectivity index is 2.20. The number of carbonyl (C=O) groups is 1. The second-order valence-corrected chi connectivity index (χ2v) is 3.69. The summed E-state index contributed by atoms with van der Waals surface area (Å²) in [5.74, 6) is -0.849. The predicted molar refractivity (Wildman–Crippen MR) is 53.3 cm³/mol. The molecule has 1 atom stereocenters. The van der Waals surface area contributed by atoms with E-state index in [1.807, 2.05) is 6.92 Å². The third-order valence-electron chi connectivity index (χ3n) is 2.74. The molecule has 0 bridgehead atoms. The summed E-state index contributed by atoms with van der Waals surface area (Å²) in [4.78, 5) is 13.0. The molecule has 1 heterocycles. The molecule has 0 spiro atoms. The van der Waals surface area contributed by atoms with Gasteiger partial charge in [-0.05, 0) is 19.4 Å². The van der Waals surface area contributed by atoms with Crippen molar-refractivity contribution in [3.8, 4) is 0 Å². The maximum atomic E-state index is 10.8. The molecule has 0 aromatic carbocycles. The number of ether oxygens (including phenoxy) is 1. The molecule has 4 heteroatoms. The van der Waals surface area contributed by atoms with Crippen LogP contribution in [0.15, 0.2) is 0 Å². The molecule has 82 valence electrons. The van der Waals surface area contributed by atoms with Crippen molar-refractivity contribution in [1.82, 2.24) is 4.90 Å². The van der Waals surface area contributed by atoms with E-state index in [1.165, 1.54) is 0 Å². The number of nitrogens with zero attached hydrogens (tertiary/aromatic N) is 1. The normalized spacial score (nSPS) is 20.6. The highest BCUT2D eigenvalue weighted by atomic mass is 16.5. The minimum Gasteiger partial charge on any atom is -0.481 e. The van der Waals surface area contributed by atoms with Gasteiger partial charge in [0.2, 0.25) is 0 Å². The zero-order valence-electron chi connectivity index (χ0n) is 8.74. The lowest BCUT2D eigenvalue weighted by Gasteiger charge is -2.27. The number of carboxylic acid groups (broad SMARTS) is 1. The quantitative estimate of drug-likeness (QED) is 0.715. The topological polar surface area (TPSA) is 49.8 Å². The number of hydrogen-bond acceptors (Lipinski definition) is 3. The van der Waals surface area contributed by atoms with E-state index >= 15 is 0 Å². The minimum atomic E-state index is -0.666. The van der Waals surface area contributed by atoms with Gasteiger partial charge < -0.3 is 9.84 Å². The summed E-state index contributed by atoms with van der Waals surface area (Å²) in [6.07, 6.45) is 1.48. The lowest BCUT2D eigenvalue weighted by molar-refractivity contribution is -0.142. The molecule has 1 aliphatic rings. The lowest BCUT2D eigenvalue weighted by atomic mass is 10.0. The second kappa shape index (κ2) is 5.98. The van der Waals surface area contributed by atoms with Crippen molar-refractivity contribution in [3.05, 3.63) is 0 Å². The maximum absolute atomic E-state index is 10.8. The zero-order valence-corrected chi connectivity index (χ0v) is 8.74. The average Bonchev–Trinajstić information content (AvgIpc) is 2.20. The molecule has 14 heavy (non-hydrogen) atoms. The van der Waals surface area contributed by atoms with E-state index in [9.17, 15) is 4.79 Å². The average molecular weight is 201 g/mol. The molecule has 0 unspecified atom stereocenters. The predicted octanol–water partition coefficient (Wildman–Crippen LogP) is 0.820. The van der Waals surface area contributed by atoms with Crippen LogP contribution in [0.2, 0.25) is 0 Å². The van der Waals surface area contributed by atoms with Crippen LogP contribution in [-0.4, -0.2) is 48.8 Å². The Bertz CT molecular complexity index is 178. The van der Waals surface area contributed by atoms with Crippen molar-refractivity contribution in [2.24, 2.45) is 5.92 Å². The Morgan fingerprint density at radius 2 is 2.14 bits per heavy atom. The summed E-state index contributed by atoms with van der Waals surface area (Å²) in [5, 5.41) is 8.86. The molecule has 0 amide bonds. The van der Waals surface area contributed by atoms with Gasteiger partial charge in [-0.25, -0.2) is 0 Å². The minimum absolute atomic E-state index is 0.183. The molecule has 0 radical (unpaired) electrons. The Hall–Kier alpha value is -0.610. The molecule has 0 aliphatic carbocycles. The third kappa shape index (κ3) is 3.64. The smallest absolute Gasteiger partial charge is 0.306 e. The molecular formula is C10H19NO3. The SMILES string of the molecule is CC[C@@H](CCN1CCOCC1)C(=O)O. The van der Waals surface area contributed by atoms with Gasteiger partial charge in [-0.15, -0.1) is 0 Å². The van der Waals surface area contributed by atoms with Crippen molar-refractivity contribution in [2.75, 3.05) is 32.8 Å². The van der Waals surface area contributed by atoms with Gasteiger partial charge in [0, 0.05) is 13.1 Å². The fourth-order valence-electron chi connectivity index (χ4n) is 1.67. The lowest BCUT2D eigenvalue weighted by Crippen LogP contribution is -2.37. The molecule has 4 nitrogen and oxygen atoms in total. The summed E-state index contributed by atoms with van der Waals surface area (Å²) < 4.78 is 5.22. The Morgan fingerprint density at radius 1 is 1.50 bits per heavy atom. The molecule has 1 N–H and O–H groups in total. The van der Waals surface area contributed by atoms with Crippen LogP contribution < -0.4 is 0 Å². The van der Waals surface area contributed by atoms with Crippen LogP contribution in [0.25, 0.3) is 0 Å². The van der Waals surface area contributed by atoms with Gasteiger partial charge >= 0.3 is 5.97 Å². The molecule has 0 aromatic rings. The largest absolute Gasteiger partial charge is 0.481 e. The highest BCUT2D eigenvalue weighted by Gasteiger charge is 2.17. The van der Waals surface area contributed by atoms with Crippen LogP contribution in [-0.2, 0) is 9.53 Å². The third-order valence-corrected chi connectivity index (χ3v) is 2.74. The van der Waals surface area contributed by atoms with Crippen LogP contribution >= 0.6 is 0 Å². The standard InChI is InChI=1S/C10H19NO3/c1-2-9(10(12)13)3-4-11-5-7-14-8-6-11/h9H,2-8H2,1H3,(H,12,13)/t9-/m0/s1. The summed E-state index contributed by atoms with van der Waals surface area (Å²) >= 11 is 0. The van der Waals surface area contributed by atoms with E-state index in [0.29, 0.717) is 0 Å². The second-order valence-electron chi connectivity index (χ2n) is 3.69. The van der Waals surface area contributed by atoms with Gasteiger partial charge in [0.15, 0.2) is 0 Å². The Morgan fingerprint density at radius 3 is 2.64 bits per heavy atom. The van der Waals surface area contributed by atoms with E-state index in [0.717, 1.165) is 45.7 Å². The fraction of sp³-hybridized carbons (Fsp3) is 0.900. The summed E-state index contributed by atoms with van der Waals surface area (Å²) in [7, 11) is 0. The van der Waals surface area contributed by atoms with Crippen LogP contribution in [0.4, 0.5) is 0 Å². The summed E-state index contributed by atoms with van der Waals surface area (Å²) in [6, 6.07) is 0. The van der Waals surface area contributed by atoms with Crippen molar-refractivity contribution in [2.45, 2.75) is 19.8 Å². The van der Waals surface area contributed by atoms with Gasteiger partial charge in [0.25, 0.3) is 0 Å². The van der Waals surface area contributed by atoms with E-state index in [2.05, 4.69) is 4.90 Å². The highest BCUT2D eigenvalue weighted by molar-refractivity contribution is 5.69. The van der Waals surface area contributed by atoms with Crippen LogP contribution in [0, 0.1) is 5.92 Å². The van der Waals surface area contributed by atoms with E-state index in [1.54, 1.807) is 0 Å². The number of hydrogen-bond donors (Lipinski definition) is 1. The highest BCUT2D eigenvalue weighted by Crippen LogP contribution is 2.10. The van der Waals surface area contributed by atoms with E-state index < -0.39 is 5.97 Å². The number of carboxylic acids is 1. The van der Waals surface area contributed by atoms with Crippen molar-refractivity contribution in [3.63, 3.8) is 0 Å². The van der Waals surface area contributed by atoms with Crippen molar-refractivity contribution < 1.29 is 14.6 Å². The number of aliphatic carboxylic acids is 1. The van der Waals surface area contributed by atoms with Gasteiger partial charge in [0.05, 0.1) is 19.1 Å². The van der Waals surface area contributed by atoms with E-state index in [4.69, 9.17) is 9.84 Å². The van der Waals surface area contributed by atoms with Crippen molar-refractivity contribution in [1.29, 1.82) is 0 Å². The zero-order chi connectivity index (χ0) is 10.4. The van der Waals surface area contributed by atoms with Crippen LogP contribution in [0.1, 0.15) is 19.8 Å². The van der Waals surface area contributed by atoms with E-state index in [-0.39, 0.29) is 5.92 Å². The first-order chi connectivity index (χ1) is 6.74. The summed E-state index contributed by atoms with van der Waals surface area (Å²) in [5.41, 5.74) is 0. The van der Waals surface area contributed by atoms with Crippen molar-refractivity contribution >= 4 is 5.97 Å². The Kier molecular flexibility index (Phi) is 4.90. The van der Waals surface area contributed by atoms with Gasteiger partial charge in [-0.2, -0.15) is 0 Å². The van der Waals surface area contributed by atoms with Gasteiger partial charge in [-0.3, -0.25) is 9.69 Å². The van der Waals surface area contributed by atoms with Crippen LogP contribution in [0.5, 0.6) is 0 Å². The van der Waals surface area contributed by atoms with Gasteiger partial charge in [0.1, 0.15) is 0 Å². The number of morpholine rings is 1. The number of rotatable bonds is 5. The molecule has 1 fully saturated rings.